The van der Waals surface area contributed by atoms with Gasteiger partial charge in [0.15, 0.2) is 0 Å². The molecule has 0 heterocycles. The van der Waals surface area contributed by atoms with Crippen LogP contribution in [0, 0.1) is 0 Å². The van der Waals surface area contributed by atoms with Crippen LogP contribution in [0.3, 0.4) is 0 Å². The van der Waals surface area contributed by atoms with E-state index in [9.17, 15) is 0 Å². The summed E-state index contributed by atoms with van der Waals surface area (Å²) in [6.45, 7) is 9.79. The second-order valence-corrected chi connectivity index (χ2v) is 2.33. The first-order chi connectivity index (χ1) is 4.09. The molecule has 1 nitrogen and oxygen atoms in total. The summed E-state index contributed by atoms with van der Waals surface area (Å²) in [5, 5.41) is 0. The highest BCUT2D eigenvalue weighted by Crippen LogP contribution is 2.08. The van der Waals surface area contributed by atoms with Crippen molar-refractivity contribution in [3.05, 3.63) is 23.4 Å². The van der Waals surface area contributed by atoms with Gasteiger partial charge in [-0.15, -0.1) is 0 Å². The average molecular weight is 125 g/mol. The van der Waals surface area contributed by atoms with E-state index in [1.165, 1.54) is 5.57 Å². The van der Waals surface area contributed by atoms with Crippen LogP contribution in [0.2, 0.25) is 0 Å². The molecular formula is C8H15N. The van der Waals surface area contributed by atoms with Gasteiger partial charge >= 0.3 is 0 Å². The minimum Gasteiger partial charge on any atom is -0.399 e. The van der Waals surface area contributed by atoms with Crippen molar-refractivity contribution in [2.75, 3.05) is 0 Å². The first-order valence-corrected chi connectivity index (χ1v) is 3.20. The topological polar surface area (TPSA) is 26.0 Å². The van der Waals surface area contributed by atoms with Crippen LogP contribution in [0.4, 0.5) is 0 Å². The molecule has 0 aromatic rings. The zero-order valence-electron chi connectivity index (χ0n) is 6.49. The molecule has 0 aliphatic heterocycles. The molecule has 0 saturated heterocycles. The van der Waals surface area contributed by atoms with E-state index in [1.54, 1.807) is 0 Å². The summed E-state index contributed by atoms with van der Waals surface area (Å²) in [4.78, 5) is 0. The van der Waals surface area contributed by atoms with Gasteiger partial charge in [0.2, 0.25) is 0 Å². The van der Waals surface area contributed by atoms with Crippen molar-refractivity contribution in [3.8, 4) is 0 Å². The fraction of sp³-hybridized carbons (Fsp3) is 0.500. The monoisotopic (exact) mass is 125 g/mol. The van der Waals surface area contributed by atoms with E-state index in [0.29, 0.717) is 0 Å². The summed E-state index contributed by atoms with van der Waals surface area (Å²) in [6, 6.07) is 0. The van der Waals surface area contributed by atoms with Gasteiger partial charge in [-0.1, -0.05) is 19.1 Å². The lowest BCUT2D eigenvalue weighted by atomic mass is 10.1. The van der Waals surface area contributed by atoms with E-state index in [2.05, 4.69) is 13.5 Å². The lowest BCUT2D eigenvalue weighted by Gasteiger charge is -2.02. The van der Waals surface area contributed by atoms with Crippen molar-refractivity contribution in [1.29, 1.82) is 0 Å². The van der Waals surface area contributed by atoms with E-state index in [0.717, 1.165) is 17.7 Å². The van der Waals surface area contributed by atoms with E-state index < -0.39 is 0 Å². The summed E-state index contributed by atoms with van der Waals surface area (Å²) in [5.41, 5.74) is 8.70. The lowest BCUT2D eigenvalue weighted by molar-refractivity contribution is 1.04. The van der Waals surface area contributed by atoms with Crippen molar-refractivity contribution >= 4 is 0 Å². The van der Waals surface area contributed by atoms with Crippen molar-refractivity contribution in [2.45, 2.75) is 27.2 Å². The molecule has 0 amide bonds. The summed E-state index contributed by atoms with van der Waals surface area (Å²) in [7, 11) is 0. The third kappa shape index (κ3) is 2.36. The average Bonchev–Trinajstić information content (AvgIpc) is 1.84. The van der Waals surface area contributed by atoms with Gasteiger partial charge in [-0.3, -0.25) is 0 Å². The van der Waals surface area contributed by atoms with Gasteiger partial charge in [0.1, 0.15) is 0 Å². The van der Waals surface area contributed by atoms with Gasteiger partial charge in [-0.05, 0) is 25.8 Å². The molecule has 0 atom stereocenters. The Balaban J connectivity index is 4.28. The zero-order valence-corrected chi connectivity index (χ0v) is 6.49. The van der Waals surface area contributed by atoms with Crippen molar-refractivity contribution < 1.29 is 0 Å². The van der Waals surface area contributed by atoms with Crippen LogP contribution in [0.1, 0.15) is 27.2 Å². The van der Waals surface area contributed by atoms with Gasteiger partial charge in [-0.25, -0.2) is 0 Å². The molecule has 0 aliphatic rings. The molecule has 2 N–H and O–H groups in total. The summed E-state index contributed by atoms with van der Waals surface area (Å²) in [5.74, 6) is 0. The standard InChI is InChI=1S/C8H15N/c1-5-7(4)8(9)6(2)3/h2,5,9H2,1,3-4H3/b8-7-. The lowest BCUT2D eigenvalue weighted by Crippen LogP contribution is -2.00. The molecule has 52 valence electrons. The molecular weight excluding hydrogens is 110 g/mol. The Bertz CT molecular complexity index is 143. The third-order valence-corrected chi connectivity index (χ3v) is 1.45. The maximum absolute atomic E-state index is 5.65. The summed E-state index contributed by atoms with van der Waals surface area (Å²) >= 11 is 0. The Morgan fingerprint density at radius 2 is 1.89 bits per heavy atom. The molecule has 0 bridgehead atoms. The van der Waals surface area contributed by atoms with E-state index in [1.807, 2.05) is 13.8 Å². The van der Waals surface area contributed by atoms with Crippen LogP contribution in [-0.2, 0) is 0 Å². The van der Waals surface area contributed by atoms with E-state index >= 15 is 0 Å². The first-order valence-electron chi connectivity index (χ1n) is 3.20. The fourth-order valence-electron chi connectivity index (χ4n) is 0.555. The molecule has 0 fully saturated rings. The largest absolute Gasteiger partial charge is 0.399 e. The van der Waals surface area contributed by atoms with Crippen molar-refractivity contribution in [2.24, 2.45) is 5.73 Å². The molecule has 0 radical (unpaired) electrons. The summed E-state index contributed by atoms with van der Waals surface area (Å²) in [6.07, 6.45) is 1.01. The Morgan fingerprint density at radius 1 is 1.44 bits per heavy atom. The number of hydrogen-bond donors (Lipinski definition) is 1. The Labute approximate surface area is 57.3 Å². The van der Waals surface area contributed by atoms with Crippen molar-refractivity contribution in [1.82, 2.24) is 0 Å². The fourth-order valence-corrected chi connectivity index (χ4v) is 0.555. The smallest absolute Gasteiger partial charge is 0.0326 e. The first kappa shape index (κ1) is 8.28. The van der Waals surface area contributed by atoms with Gasteiger partial charge < -0.3 is 5.73 Å². The summed E-state index contributed by atoms with van der Waals surface area (Å²) < 4.78 is 0. The minimum absolute atomic E-state index is 0.859. The van der Waals surface area contributed by atoms with Crippen LogP contribution < -0.4 is 5.73 Å². The molecule has 0 unspecified atom stereocenters. The van der Waals surface area contributed by atoms with Crippen LogP contribution >= 0.6 is 0 Å². The zero-order chi connectivity index (χ0) is 7.44. The molecule has 1 heteroatoms. The molecule has 0 aromatic heterocycles. The van der Waals surface area contributed by atoms with Gasteiger partial charge in [0, 0.05) is 5.70 Å². The van der Waals surface area contributed by atoms with Crippen LogP contribution in [0.15, 0.2) is 23.4 Å². The number of nitrogens with two attached hydrogens (primary N) is 1. The SMILES string of the molecule is C=C(C)/C(N)=C(\C)CC. The molecule has 0 saturated carbocycles. The molecule has 0 aromatic carbocycles. The minimum atomic E-state index is 0.859. The van der Waals surface area contributed by atoms with Gasteiger partial charge in [0.05, 0.1) is 0 Å². The van der Waals surface area contributed by atoms with Crippen molar-refractivity contribution in [3.63, 3.8) is 0 Å². The van der Waals surface area contributed by atoms with Gasteiger partial charge in [0.25, 0.3) is 0 Å². The predicted molar refractivity (Wildman–Crippen MR) is 42.0 cm³/mol. The second kappa shape index (κ2) is 3.33. The number of rotatable bonds is 2. The number of hydrogen-bond acceptors (Lipinski definition) is 1. The maximum atomic E-state index is 5.65. The molecule has 0 spiro atoms. The Morgan fingerprint density at radius 3 is 2.00 bits per heavy atom. The second-order valence-electron chi connectivity index (χ2n) is 2.33. The van der Waals surface area contributed by atoms with Crippen LogP contribution in [-0.4, -0.2) is 0 Å². The van der Waals surface area contributed by atoms with Crippen LogP contribution in [0.25, 0.3) is 0 Å². The van der Waals surface area contributed by atoms with Gasteiger partial charge in [-0.2, -0.15) is 0 Å². The highest BCUT2D eigenvalue weighted by molar-refractivity contribution is 5.27. The maximum Gasteiger partial charge on any atom is 0.0326 e. The molecule has 9 heavy (non-hydrogen) atoms. The Hall–Kier alpha value is -0.720. The predicted octanol–water partition coefficient (Wildman–Crippen LogP) is 2.21. The molecule has 0 aliphatic carbocycles. The highest BCUT2D eigenvalue weighted by atomic mass is 14.6. The quantitative estimate of drug-likeness (QED) is 0.562. The van der Waals surface area contributed by atoms with E-state index in [4.69, 9.17) is 5.73 Å². The molecule has 0 rings (SSSR count). The number of allylic oxidation sites excluding steroid dienone is 2. The normalized spacial score (nSPS) is 12.8. The Kier molecular flexibility index (Phi) is 3.07. The third-order valence-electron chi connectivity index (χ3n) is 1.45. The highest BCUT2D eigenvalue weighted by Gasteiger charge is 1.93. The van der Waals surface area contributed by atoms with Crippen LogP contribution in [0.5, 0.6) is 0 Å². The van der Waals surface area contributed by atoms with E-state index in [-0.39, 0.29) is 0 Å².